The van der Waals surface area contributed by atoms with Gasteiger partial charge in [0.15, 0.2) is 0 Å². The molecule has 2 rings (SSSR count). The number of nitrogens with one attached hydrogen (secondary N) is 1. The van der Waals surface area contributed by atoms with E-state index in [9.17, 15) is 0 Å². The van der Waals surface area contributed by atoms with Crippen molar-refractivity contribution in [3.63, 3.8) is 0 Å². The van der Waals surface area contributed by atoms with E-state index in [4.69, 9.17) is 5.73 Å². The van der Waals surface area contributed by atoms with Crippen LogP contribution >= 0.6 is 0 Å². The van der Waals surface area contributed by atoms with Crippen molar-refractivity contribution >= 4 is 0 Å². The molecule has 1 aliphatic carbocycles. The predicted octanol–water partition coefficient (Wildman–Crippen LogP) is 1.79. The summed E-state index contributed by atoms with van der Waals surface area (Å²) in [5.74, 6) is 0. The molecule has 2 fully saturated rings. The van der Waals surface area contributed by atoms with Gasteiger partial charge in [-0.3, -0.25) is 0 Å². The first-order valence-corrected chi connectivity index (χ1v) is 5.83. The van der Waals surface area contributed by atoms with Crippen molar-refractivity contribution in [3.8, 4) is 0 Å². The van der Waals surface area contributed by atoms with Crippen LogP contribution in [0, 0.1) is 0 Å². The average Bonchev–Trinajstić information content (AvgIpc) is 2.20. The van der Waals surface area contributed by atoms with Gasteiger partial charge in [-0.25, -0.2) is 0 Å². The molecular weight excluding hydrogens is 160 g/mol. The number of nitrogens with two attached hydrogens (primary N) is 1. The van der Waals surface area contributed by atoms with Crippen molar-refractivity contribution < 1.29 is 0 Å². The summed E-state index contributed by atoms with van der Waals surface area (Å²) in [5, 5.41) is 3.60. The normalized spacial score (nSPS) is 34.4. The summed E-state index contributed by atoms with van der Waals surface area (Å²) in [6.45, 7) is 1.18. The molecule has 0 aromatic carbocycles. The van der Waals surface area contributed by atoms with Crippen molar-refractivity contribution in [2.75, 3.05) is 6.54 Å². The fourth-order valence-electron chi connectivity index (χ4n) is 2.90. The Bertz CT molecular complexity index is 155. The lowest BCUT2D eigenvalue weighted by molar-refractivity contribution is 0.191. The standard InChI is InChI=1S/C11H22N2/c12-11(7-3-1-4-8-11)10-6-2-5-9-13-10/h10,13H,1-9,12H2. The first-order valence-electron chi connectivity index (χ1n) is 5.83. The van der Waals surface area contributed by atoms with E-state index in [0.717, 1.165) is 0 Å². The molecule has 1 heterocycles. The molecule has 0 radical (unpaired) electrons. The highest BCUT2D eigenvalue weighted by Crippen LogP contribution is 2.31. The predicted molar refractivity (Wildman–Crippen MR) is 55.6 cm³/mol. The molecule has 1 saturated carbocycles. The van der Waals surface area contributed by atoms with Crippen LogP contribution in [0.25, 0.3) is 0 Å². The van der Waals surface area contributed by atoms with E-state index in [1.54, 1.807) is 0 Å². The Balaban J connectivity index is 1.94. The minimum atomic E-state index is 0.138. The van der Waals surface area contributed by atoms with Crippen molar-refractivity contribution in [1.29, 1.82) is 0 Å². The Morgan fingerprint density at radius 1 is 1.00 bits per heavy atom. The second-order valence-electron chi connectivity index (χ2n) is 4.80. The largest absolute Gasteiger partial charge is 0.324 e. The topological polar surface area (TPSA) is 38.0 Å². The van der Waals surface area contributed by atoms with Crippen molar-refractivity contribution in [3.05, 3.63) is 0 Å². The van der Waals surface area contributed by atoms with Crippen LogP contribution in [0.4, 0.5) is 0 Å². The Labute approximate surface area is 81.3 Å². The van der Waals surface area contributed by atoms with Gasteiger partial charge >= 0.3 is 0 Å². The summed E-state index contributed by atoms with van der Waals surface area (Å²) in [4.78, 5) is 0. The zero-order valence-electron chi connectivity index (χ0n) is 8.52. The quantitative estimate of drug-likeness (QED) is 0.649. The van der Waals surface area contributed by atoms with E-state index in [1.807, 2.05) is 0 Å². The molecule has 0 aromatic heterocycles. The fraction of sp³-hybridized carbons (Fsp3) is 1.00. The van der Waals surface area contributed by atoms with E-state index in [1.165, 1.54) is 57.9 Å². The van der Waals surface area contributed by atoms with E-state index >= 15 is 0 Å². The highest BCUT2D eigenvalue weighted by atomic mass is 15.0. The molecule has 2 heteroatoms. The third-order valence-electron chi connectivity index (χ3n) is 3.79. The van der Waals surface area contributed by atoms with Crippen LogP contribution in [0.5, 0.6) is 0 Å². The molecule has 2 nitrogen and oxygen atoms in total. The van der Waals surface area contributed by atoms with Gasteiger partial charge in [0.25, 0.3) is 0 Å². The van der Waals surface area contributed by atoms with Crippen LogP contribution in [0.3, 0.4) is 0 Å². The van der Waals surface area contributed by atoms with Gasteiger partial charge in [0.1, 0.15) is 0 Å². The van der Waals surface area contributed by atoms with Crippen LogP contribution in [-0.4, -0.2) is 18.1 Å². The molecule has 1 unspecified atom stereocenters. The Morgan fingerprint density at radius 3 is 2.38 bits per heavy atom. The molecule has 2 aliphatic rings. The van der Waals surface area contributed by atoms with Gasteiger partial charge in [-0.2, -0.15) is 0 Å². The van der Waals surface area contributed by atoms with Gasteiger partial charge in [0.05, 0.1) is 0 Å². The maximum Gasteiger partial charge on any atom is 0.0309 e. The molecule has 1 saturated heterocycles. The summed E-state index contributed by atoms with van der Waals surface area (Å²) in [6.07, 6.45) is 10.6. The molecule has 3 N–H and O–H groups in total. The number of hydrogen-bond acceptors (Lipinski definition) is 2. The van der Waals surface area contributed by atoms with Crippen LogP contribution in [0.2, 0.25) is 0 Å². The van der Waals surface area contributed by atoms with Crippen LogP contribution in [0.15, 0.2) is 0 Å². The highest BCUT2D eigenvalue weighted by Gasteiger charge is 2.36. The lowest BCUT2D eigenvalue weighted by Crippen LogP contribution is -2.59. The Morgan fingerprint density at radius 2 is 1.77 bits per heavy atom. The Kier molecular flexibility index (Phi) is 2.89. The maximum absolute atomic E-state index is 6.47. The summed E-state index contributed by atoms with van der Waals surface area (Å²) >= 11 is 0. The van der Waals surface area contributed by atoms with Crippen LogP contribution in [0.1, 0.15) is 51.4 Å². The van der Waals surface area contributed by atoms with Crippen molar-refractivity contribution in [2.45, 2.75) is 62.9 Å². The molecule has 0 amide bonds. The van der Waals surface area contributed by atoms with E-state index in [2.05, 4.69) is 5.32 Å². The summed E-state index contributed by atoms with van der Waals surface area (Å²) < 4.78 is 0. The molecule has 0 spiro atoms. The van der Waals surface area contributed by atoms with Crippen LogP contribution < -0.4 is 11.1 Å². The number of piperidine rings is 1. The highest BCUT2D eigenvalue weighted by molar-refractivity contribution is 4.98. The molecule has 1 atom stereocenters. The van der Waals surface area contributed by atoms with E-state index in [0.29, 0.717) is 6.04 Å². The third kappa shape index (κ3) is 2.05. The summed E-state index contributed by atoms with van der Waals surface area (Å²) in [6, 6.07) is 0.613. The zero-order chi connectivity index (χ0) is 9.15. The number of hydrogen-bond donors (Lipinski definition) is 2. The van der Waals surface area contributed by atoms with Gasteiger partial charge in [-0.15, -0.1) is 0 Å². The second-order valence-corrected chi connectivity index (χ2v) is 4.80. The lowest BCUT2D eigenvalue weighted by atomic mass is 9.75. The minimum absolute atomic E-state index is 0.138. The van der Waals surface area contributed by atoms with E-state index < -0.39 is 0 Å². The average molecular weight is 182 g/mol. The van der Waals surface area contributed by atoms with Gasteiger partial charge in [0, 0.05) is 11.6 Å². The summed E-state index contributed by atoms with van der Waals surface area (Å²) in [5.41, 5.74) is 6.61. The molecule has 76 valence electrons. The maximum atomic E-state index is 6.47. The van der Waals surface area contributed by atoms with E-state index in [-0.39, 0.29) is 5.54 Å². The number of rotatable bonds is 1. The Hall–Kier alpha value is -0.0800. The fourth-order valence-corrected chi connectivity index (χ4v) is 2.90. The van der Waals surface area contributed by atoms with Gasteiger partial charge < -0.3 is 11.1 Å². The monoisotopic (exact) mass is 182 g/mol. The lowest BCUT2D eigenvalue weighted by Gasteiger charge is -2.42. The first kappa shape index (κ1) is 9.47. The smallest absolute Gasteiger partial charge is 0.0309 e. The molecule has 1 aliphatic heterocycles. The SMILES string of the molecule is NC1(C2CCCCN2)CCCCC1. The second kappa shape index (κ2) is 3.97. The van der Waals surface area contributed by atoms with Crippen molar-refractivity contribution in [2.24, 2.45) is 5.73 Å². The zero-order valence-corrected chi connectivity index (χ0v) is 8.52. The van der Waals surface area contributed by atoms with Gasteiger partial charge in [0.2, 0.25) is 0 Å². The van der Waals surface area contributed by atoms with Gasteiger partial charge in [-0.05, 0) is 32.2 Å². The van der Waals surface area contributed by atoms with Gasteiger partial charge in [-0.1, -0.05) is 25.7 Å². The minimum Gasteiger partial charge on any atom is -0.324 e. The third-order valence-corrected chi connectivity index (χ3v) is 3.79. The van der Waals surface area contributed by atoms with Crippen LogP contribution in [-0.2, 0) is 0 Å². The molecule has 0 bridgehead atoms. The first-order chi connectivity index (χ1) is 6.31. The summed E-state index contributed by atoms with van der Waals surface area (Å²) in [7, 11) is 0. The molecule has 0 aromatic rings. The van der Waals surface area contributed by atoms with Crippen molar-refractivity contribution in [1.82, 2.24) is 5.32 Å². The molecular formula is C11H22N2. The molecule has 13 heavy (non-hydrogen) atoms.